The lowest BCUT2D eigenvalue weighted by molar-refractivity contribution is 1.08. The van der Waals surface area contributed by atoms with Crippen LogP contribution in [-0.4, -0.2) is 9.38 Å². The molecule has 0 radical (unpaired) electrons. The Balaban J connectivity index is 2.23. The number of nitrogens with zero attached hydrogens (tertiary/aromatic N) is 2. The molecular weight excluding hydrogens is 364 g/mol. The maximum absolute atomic E-state index is 4.63. The number of imidazole rings is 1. The molecule has 0 aromatic carbocycles. The molecule has 0 bridgehead atoms. The molecule has 0 saturated heterocycles. The topological polar surface area (TPSA) is 17.3 Å². The van der Waals surface area contributed by atoms with Gasteiger partial charge in [-0.15, -0.1) is 11.3 Å². The molecule has 2 nitrogen and oxygen atoms in total. The van der Waals surface area contributed by atoms with Gasteiger partial charge in [-0.1, -0.05) is 0 Å². The quantitative estimate of drug-likeness (QED) is 0.594. The zero-order chi connectivity index (χ0) is 12.0. The highest BCUT2D eigenvalue weighted by Gasteiger charge is 2.09. The summed E-state index contributed by atoms with van der Waals surface area (Å²) in [6.07, 6.45) is 2.08. The number of hydrogen-bond donors (Lipinski definition) is 0. The highest BCUT2D eigenvalue weighted by atomic mass is 79.9. The zero-order valence-corrected chi connectivity index (χ0v) is 12.9. The molecule has 3 heterocycles. The Labute approximate surface area is 120 Å². The molecule has 0 aliphatic heterocycles. The molecule has 0 unspecified atom stereocenters. The Morgan fingerprint density at radius 2 is 2.00 bits per heavy atom. The molecule has 0 aliphatic carbocycles. The van der Waals surface area contributed by atoms with Gasteiger partial charge >= 0.3 is 0 Å². The van der Waals surface area contributed by atoms with Crippen LogP contribution in [0.1, 0.15) is 5.69 Å². The van der Waals surface area contributed by atoms with Gasteiger partial charge in [0.1, 0.15) is 5.65 Å². The van der Waals surface area contributed by atoms with E-state index in [1.54, 1.807) is 11.3 Å². The van der Waals surface area contributed by atoms with Crippen molar-refractivity contribution in [3.63, 3.8) is 0 Å². The van der Waals surface area contributed by atoms with E-state index in [1.165, 1.54) is 4.88 Å². The summed E-state index contributed by atoms with van der Waals surface area (Å²) in [5, 5.41) is 0. The van der Waals surface area contributed by atoms with E-state index < -0.39 is 0 Å². The van der Waals surface area contributed by atoms with Crippen LogP contribution < -0.4 is 0 Å². The largest absolute Gasteiger partial charge is 0.303 e. The van der Waals surface area contributed by atoms with E-state index in [1.807, 2.05) is 18.2 Å². The third-order valence-electron chi connectivity index (χ3n) is 2.64. The summed E-state index contributed by atoms with van der Waals surface area (Å²) in [6.45, 7) is 2.08. The third kappa shape index (κ3) is 1.96. The van der Waals surface area contributed by atoms with Crippen molar-refractivity contribution in [1.82, 2.24) is 9.38 Å². The minimum absolute atomic E-state index is 0.977. The smallest absolute Gasteiger partial charge is 0.137 e. The fraction of sp³-hybridized carbons (Fsp3) is 0.0833. The number of hydrogen-bond acceptors (Lipinski definition) is 2. The van der Waals surface area contributed by atoms with E-state index in [-0.39, 0.29) is 0 Å². The Bertz CT molecular complexity index is 700. The molecule has 3 aromatic rings. The molecule has 0 amide bonds. The lowest BCUT2D eigenvalue weighted by Gasteiger charge is -2.00. The van der Waals surface area contributed by atoms with Crippen molar-refractivity contribution in [3.05, 3.63) is 44.4 Å². The second-order valence-corrected chi connectivity index (χ2v) is 7.04. The highest BCUT2D eigenvalue weighted by Crippen LogP contribution is 2.31. The van der Waals surface area contributed by atoms with Gasteiger partial charge in [0.05, 0.1) is 14.4 Å². The van der Waals surface area contributed by atoms with Crippen LogP contribution in [0, 0.1) is 6.92 Å². The molecule has 0 N–H and O–H groups in total. The summed E-state index contributed by atoms with van der Waals surface area (Å²) in [4.78, 5) is 5.81. The van der Waals surface area contributed by atoms with Gasteiger partial charge in [-0.3, -0.25) is 0 Å². The van der Waals surface area contributed by atoms with Gasteiger partial charge in [0.2, 0.25) is 0 Å². The molecule has 3 rings (SSSR count). The van der Waals surface area contributed by atoms with E-state index in [9.17, 15) is 0 Å². The van der Waals surface area contributed by atoms with Crippen LogP contribution in [0.2, 0.25) is 0 Å². The standard InChI is InChI=1S/C12H8Br2N2S/c1-7-8(13)2-5-12-15-9(6-16(7)12)10-3-4-11(14)17-10/h2-6H,1H3. The minimum atomic E-state index is 0.977. The summed E-state index contributed by atoms with van der Waals surface area (Å²) < 4.78 is 4.33. The van der Waals surface area contributed by atoms with Crippen molar-refractivity contribution >= 4 is 48.8 Å². The van der Waals surface area contributed by atoms with Gasteiger partial charge in [0, 0.05) is 16.4 Å². The van der Waals surface area contributed by atoms with Gasteiger partial charge in [-0.2, -0.15) is 0 Å². The molecule has 5 heteroatoms. The molecular formula is C12H8Br2N2S. The summed E-state index contributed by atoms with van der Waals surface area (Å²) in [6, 6.07) is 8.18. The minimum Gasteiger partial charge on any atom is -0.303 e. The fourth-order valence-corrected chi connectivity index (χ4v) is 3.40. The predicted octanol–water partition coefficient (Wildman–Crippen LogP) is 4.90. The van der Waals surface area contributed by atoms with Gasteiger partial charge < -0.3 is 4.40 Å². The second-order valence-electron chi connectivity index (χ2n) is 3.72. The highest BCUT2D eigenvalue weighted by molar-refractivity contribution is 9.11. The van der Waals surface area contributed by atoms with Crippen molar-refractivity contribution in [1.29, 1.82) is 0 Å². The van der Waals surface area contributed by atoms with E-state index in [0.717, 1.165) is 25.3 Å². The average molecular weight is 372 g/mol. The first-order chi connectivity index (χ1) is 8.15. The van der Waals surface area contributed by atoms with E-state index in [0.29, 0.717) is 0 Å². The van der Waals surface area contributed by atoms with Crippen LogP contribution in [-0.2, 0) is 0 Å². The summed E-state index contributed by atoms with van der Waals surface area (Å²) in [5.74, 6) is 0. The lowest BCUT2D eigenvalue weighted by Crippen LogP contribution is -1.89. The normalized spacial score (nSPS) is 11.2. The van der Waals surface area contributed by atoms with Crippen LogP contribution in [0.4, 0.5) is 0 Å². The first kappa shape index (κ1) is 11.4. The molecule has 0 saturated carbocycles. The number of rotatable bonds is 1. The maximum atomic E-state index is 4.63. The first-order valence-electron chi connectivity index (χ1n) is 5.05. The van der Waals surface area contributed by atoms with Gasteiger partial charge in [-0.05, 0) is 63.0 Å². The molecule has 0 aliphatic rings. The van der Waals surface area contributed by atoms with Gasteiger partial charge in [0.15, 0.2) is 0 Å². The van der Waals surface area contributed by atoms with Crippen LogP contribution in [0.3, 0.4) is 0 Å². The number of fused-ring (bicyclic) bond motifs is 1. The summed E-state index contributed by atoms with van der Waals surface area (Å²) >= 11 is 8.70. The van der Waals surface area contributed by atoms with Crippen molar-refractivity contribution < 1.29 is 0 Å². The Morgan fingerprint density at radius 3 is 2.71 bits per heavy atom. The predicted molar refractivity (Wildman–Crippen MR) is 78.6 cm³/mol. The fourth-order valence-electron chi connectivity index (χ4n) is 1.73. The number of aromatic nitrogens is 2. The first-order valence-corrected chi connectivity index (χ1v) is 7.45. The molecule has 0 atom stereocenters. The Hall–Kier alpha value is -0.650. The number of thiophene rings is 1. The van der Waals surface area contributed by atoms with Gasteiger partial charge in [-0.25, -0.2) is 4.98 Å². The Kier molecular flexibility index (Phi) is 2.84. The average Bonchev–Trinajstić information content (AvgIpc) is 2.90. The van der Waals surface area contributed by atoms with Crippen molar-refractivity contribution in [2.24, 2.45) is 0 Å². The Morgan fingerprint density at radius 1 is 1.18 bits per heavy atom. The van der Waals surface area contributed by atoms with E-state index in [4.69, 9.17) is 0 Å². The van der Waals surface area contributed by atoms with Crippen molar-refractivity contribution in [3.8, 4) is 10.6 Å². The number of aryl methyl sites for hydroxylation is 1. The molecule has 86 valence electrons. The molecule has 0 fully saturated rings. The number of pyridine rings is 1. The number of halogens is 2. The maximum Gasteiger partial charge on any atom is 0.137 e. The van der Waals surface area contributed by atoms with Crippen LogP contribution in [0.5, 0.6) is 0 Å². The monoisotopic (exact) mass is 370 g/mol. The summed E-state index contributed by atoms with van der Waals surface area (Å²) in [7, 11) is 0. The van der Waals surface area contributed by atoms with Crippen molar-refractivity contribution in [2.75, 3.05) is 0 Å². The lowest BCUT2D eigenvalue weighted by atomic mass is 10.3. The zero-order valence-electron chi connectivity index (χ0n) is 8.95. The van der Waals surface area contributed by atoms with Gasteiger partial charge in [0.25, 0.3) is 0 Å². The summed E-state index contributed by atoms with van der Waals surface area (Å²) in [5.41, 5.74) is 3.16. The SMILES string of the molecule is Cc1c(Br)ccc2nc(-c3ccc(Br)s3)cn12. The van der Waals surface area contributed by atoms with Crippen LogP contribution in [0.15, 0.2) is 38.7 Å². The third-order valence-corrected chi connectivity index (χ3v) is 5.13. The van der Waals surface area contributed by atoms with Crippen molar-refractivity contribution in [2.45, 2.75) is 6.92 Å². The molecule has 17 heavy (non-hydrogen) atoms. The van der Waals surface area contributed by atoms with E-state index >= 15 is 0 Å². The second kappa shape index (κ2) is 4.23. The van der Waals surface area contributed by atoms with Crippen LogP contribution in [0.25, 0.3) is 16.2 Å². The molecule has 3 aromatic heterocycles. The molecule has 0 spiro atoms. The van der Waals surface area contributed by atoms with E-state index in [2.05, 4.69) is 60.4 Å². The van der Waals surface area contributed by atoms with Crippen LogP contribution >= 0.6 is 43.2 Å².